The highest BCUT2D eigenvalue weighted by molar-refractivity contribution is 6.32. The van der Waals surface area contributed by atoms with Crippen LogP contribution in [0, 0.1) is 0 Å². The van der Waals surface area contributed by atoms with E-state index in [1.807, 2.05) is 19.1 Å². The fourth-order valence-corrected chi connectivity index (χ4v) is 2.81. The molecule has 1 rings (SSSR count). The van der Waals surface area contributed by atoms with Crippen LogP contribution in [0.15, 0.2) is 17.1 Å². The lowest BCUT2D eigenvalue weighted by atomic mass is 10.2. The van der Waals surface area contributed by atoms with Crippen molar-refractivity contribution in [3.8, 4) is 11.5 Å². The molecule has 0 aliphatic heterocycles. The second kappa shape index (κ2) is 13.5. The number of rotatable bonds is 12. The van der Waals surface area contributed by atoms with Crippen LogP contribution < -0.4 is 20.1 Å². The summed E-state index contributed by atoms with van der Waals surface area (Å²) in [6.07, 6.45) is 1.03. The quantitative estimate of drug-likeness (QED) is 0.319. The molecule has 0 fully saturated rings. The third kappa shape index (κ3) is 8.69. The number of hydrogen-bond acceptors (Lipinski definition) is 5. The summed E-state index contributed by atoms with van der Waals surface area (Å²) in [5, 5.41) is 7.14. The Bertz CT molecular complexity index is 584. The Morgan fingerprint density at radius 2 is 2.00 bits per heavy atom. The van der Waals surface area contributed by atoms with Gasteiger partial charge in [0.25, 0.3) is 0 Å². The van der Waals surface area contributed by atoms with Crippen molar-refractivity contribution in [3.63, 3.8) is 0 Å². The van der Waals surface area contributed by atoms with Gasteiger partial charge in [-0.05, 0) is 38.1 Å². The first-order chi connectivity index (χ1) is 13.0. The van der Waals surface area contributed by atoms with E-state index in [-0.39, 0.29) is 0 Å². The SMILES string of the molecule is CCOc1c(Cl)cc(CNC(=NC)NCCN(C)CCCOC)cc1OC. The van der Waals surface area contributed by atoms with Gasteiger partial charge in [0.1, 0.15) is 0 Å². The van der Waals surface area contributed by atoms with Gasteiger partial charge in [-0.2, -0.15) is 0 Å². The van der Waals surface area contributed by atoms with Crippen LogP contribution in [-0.4, -0.2) is 72.0 Å². The van der Waals surface area contributed by atoms with Gasteiger partial charge in [0.05, 0.1) is 18.7 Å². The number of aliphatic imine (C=N–C) groups is 1. The van der Waals surface area contributed by atoms with Crippen molar-refractivity contribution in [3.05, 3.63) is 22.7 Å². The van der Waals surface area contributed by atoms with Gasteiger partial charge in [-0.15, -0.1) is 0 Å². The number of nitrogens with zero attached hydrogens (tertiary/aromatic N) is 2. The average molecular weight is 401 g/mol. The Morgan fingerprint density at radius 3 is 2.63 bits per heavy atom. The highest BCUT2D eigenvalue weighted by Crippen LogP contribution is 2.36. The molecule has 0 bridgehead atoms. The van der Waals surface area contributed by atoms with Gasteiger partial charge >= 0.3 is 0 Å². The van der Waals surface area contributed by atoms with Crippen molar-refractivity contribution in [1.82, 2.24) is 15.5 Å². The van der Waals surface area contributed by atoms with E-state index in [1.165, 1.54) is 0 Å². The van der Waals surface area contributed by atoms with Crippen LogP contribution in [0.25, 0.3) is 0 Å². The van der Waals surface area contributed by atoms with E-state index in [0.29, 0.717) is 29.7 Å². The van der Waals surface area contributed by atoms with Crippen LogP contribution in [0.1, 0.15) is 18.9 Å². The third-order valence-electron chi connectivity index (χ3n) is 3.94. The molecule has 0 radical (unpaired) electrons. The maximum Gasteiger partial charge on any atom is 0.191 e. The number of likely N-dealkylation sites (N-methyl/N-ethyl adjacent to an activating group) is 1. The molecule has 0 aliphatic rings. The summed E-state index contributed by atoms with van der Waals surface area (Å²) >= 11 is 6.32. The molecule has 27 heavy (non-hydrogen) atoms. The second-order valence-corrected chi connectivity index (χ2v) is 6.45. The van der Waals surface area contributed by atoms with E-state index >= 15 is 0 Å². The molecular formula is C19H33ClN4O3. The molecule has 0 saturated carbocycles. The highest BCUT2D eigenvalue weighted by atomic mass is 35.5. The summed E-state index contributed by atoms with van der Waals surface area (Å²) in [6, 6.07) is 3.79. The molecule has 0 aromatic heterocycles. The highest BCUT2D eigenvalue weighted by Gasteiger charge is 2.12. The lowest BCUT2D eigenvalue weighted by Crippen LogP contribution is -2.40. The summed E-state index contributed by atoms with van der Waals surface area (Å²) in [5.74, 6) is 1.94. The van der Waals surface area contributed by atoms with E-state index < -0.39 is 0 Å². The maximum absolute atomic E-state index is 6.32. The predicted octanol–water partition coefficient (Wildman–Crippen LogP) is 2.38. The molecule has 0 spiro atoms. The zero-order valence-electron chi connectivity index (χ0n) is 17.1. The first kappa shape index (κ1) is 23.3. The van der Waals surface area contributed by atoms with Crippen LogP contribution in [0.2, 0.25) is 5.02 Å². The molecule has 0 aliphatic carbocycles. The van der Waals surface area contributed by atoms with Crippen molar-refractivity contribution >= 4 is 17.6 Å². The molecule has 0 amide bonds. The molecule has 0 unspecified atom stereocenters. The Balaban J connectivity index is 2.49. The van der Waals surface area contributed by atoms with Gasteiger partial charge in [-0.25, -0.2) is 0 Å². The van der Waals surface area contributed by atoms with Crippen LogP contribution in [-0.2, 0) is 11.3 Å². The average Bonchev–Trinajstić information content (AvgIpc) is 2.66. The number of halogens is 1. The van der Waals surface area contributed by atoms with Crippen LogP contribution >= 0.6 is 11.6 Å². The van der Waals surface area contributed by atoms with Gasteiger partial charge in [0, 0.05) is 46.9 Å². The van der Waals surface area contributed by atoms with E-state index in [9.17, 15) is 0 Å². The molecule has 7 nitrogen and oxygen atoms in total. The zero-order valence-corrected chi connectivity index (χ0v) is 17.9. The Kier molecular flexibility index (Phi) is 11.6. The predicted molar refractivity (Wildman–Crippen MR) is 111 cm³/mol. The smallest absolute Gasteiger partial charge is 0.191 e. The van der Waals surface area contributed by atoms with Gasteiger partial charge in [-0.3, -0.25) is 4.99 Å². The standard InChI is InChI=1S/C19H33ClN4O3/c1-6-27-18-16(20)12-15(13-17(18)26-5)14-23-19(21-2)22-8-10-24(3)9-7-11-25-4/h12-13H,6-11,14H2,1-5H3,(H2,21,22,23). The van der Waals surface area contributed by atoms with Crippen LogP contribution in [0.5, 0.6) is 11.5 Å². The maximum atomic E-state index is 6.32. The number of nitrogens with one attached hydrogen (secondary N) is 2. The summed E-state index contributed by atoms with van der Waals surface area (Å²) in [6.45, 7) is 6.54. The van der Waals surface area contributed by atoms with Gasteiger partial charge in [0.15, 0.2) is 17.5 Å². The molecule has 1 aromatic rings. The molecule has 0 saturated heterocycles. The van der Waals surface area contributed by atoms with Crippen molar-refractivity contribution in [1.29, 1.82) is 0 Å². The number of benzene rings is 1. The molecule has 1 aromatic carbocycles. The summed E-state index contributed by atoms with van der Waals surface area (Å²) < 4.78 is 16.0. The number of guanidine groups is 1. The third-order valence-corrected chi connectivity index (χ3v) is 4.22. The van der Waals surface area contributed by atoms with E-state index in [4.69, 9.17) is 25.8 Å². The summed E-state index contributed by atoms with van der Waals surface area (Å²) in [7, 11) is 7.19. The Morgan fingerprint density at radius 1 is 1.22 bits per heavy atom. The first-order valence-corrected chi connectivity index (χ1v) is 9.54. The van der Waals surface area contributed by atoms with Gasteiger partial charge in [-0.1, -0.05) is 11.6 Å². The minimum atomic E-state index is 0.532. The largest absolute Gasteiger partial charge is 0.493 e. The zero-order chi connectivity index (χ0) is 20.1. The van der Waals surface area contributed by atoms with Gasteiger partial charge in [0.2, 0.25) is 0 Å². The molecule has 8 heteroatoms. The normalized spacial score (nSPS) is 11.6. The molecule has 2 N–H and O–H groups in total. The van der Waals surface area contributed by atoms with Crippen molar-refractivity contribution in [2.24, 2.45) is 4.99 Å². The Labute approximate surface area is 168 Å². The van der Waals surface area contributed by atoms with E-state index in [2.05, 4.69) is 27.6 Å². The van der Waals surface area contributed by atoms with E-state index in [1.54, 1.807) is 21.3 Å². The Hall–Kier alpha value is -1.70. The number of methoxy groups -OCH3 is 2. The molecular weight excluding hydrogens is 368 g/mol. The minimum absolute atomic E-state index is 0.532. The lowest BCUT2D eigenvalue weighted by molar-refractivity contribution is 0.180. The fourth-order valence-electron chi connectivity index (χ4n) is 2.52. The summed E-state index contributed by atoms with van der Waals surface area (Å²) in [5.41, 5.74) is 0.986. The lowest BCUT2D eigenvalue weighted by Gasteiger charge is -2.18. The molecule has 0 heterocycles. The fraction of sp³-hybridized carbons (Fsp3) is 0.632. The van der Waals surface area contributed by atoms with Crippen molar-refractivity contribution < 1.29 is 14.2 Å². The van der Waals surface area contributed by atoms with Crippen LogP contribution in [0.4, 0.5) is 0 Å². The minimum Gasteiger partial charge on any atom is -0.493 e. The monoisotopic (exact) mass is 400 g/mol. The number of hydrogen-bond donors (Lipinski definition) is 2. The summed E-state index contributed by atoms with van der Waals surface area (Å²) in [4.78, 5) is 6.51. The van der Waals surface area contributed by atoms with Gasteiger partial charge < -0.3 is 29.7 Å². The van der Waals surface area contributed by atoms with Crippen molar-refractivity contribution in [2.45, 2.75) is 19.9 Å². The first-order valence-electron chi connectivity index (χ1n) is 9.16. The van der Waals surface area contributed by atoms with Crippen molar-refractivity contribution in [2.75, 3.05) is 61.2 Å². The topological polar surface area (TPSA) is 67.4 Å². The molecule has 0 atom stereocenters. The second-order valence-electron chi connectivity index (χ2n) is 6.04. The van der Waals surface area contributed by atoms with Crippen LogP contribution in [0.3, 0.4) is 0 Å². The number of ether oxygens (including phenoxy) is 3. The van der Waals surface area contributed by atoms with E-state index in [0.717, 1.165) is 44.2 Å². The molecule has 154 valence electrons.